The minimum atomic E-state index is -4.06. The number of carbonyl (C=O) groups is 2. The molecule has 0 fully saturated rings. The van der Waals surface area contributed by atoms with E-state index in [1.807, 2.05) is 56.3 Å². The Hall–Kier alpha value is -3.65. The predicted molar refractivity (Wildman–Crippen MR) is 147 cm³/mol. The molecule has 0 aliphatic rings. The van der Waals surface area contributed by atoms with E-state index in [2.05, 4.69) is 5.32 Å². The number of anilines is 1. The first-order valence-corrected chi connectivity index (χ1v) is 14.0. The van der Waals surface area contributed by atoms with Gasteiger partial charge in [-0.15, -0.1) is 0 Å². The van der Waals surface area contributed by atoms with E-state index in [4.69, 9.17) is 0 Å². The lowest BCUT2D eigenvalue weighted by atomic mass is 10.1. The highest BCUT2D eigenvalue weighted by Crippen LogP contribution is 2.28. The van der Waals surface area contributed by atoms with E-state index in [1.165, 1.54) is 28.4 Å². The van der Waals surface area contributed by atoms with Gasteiger partial charge >= 0.3 is 0 Å². The average Bonchev–Trinajstić information content (AvgIpc) is 2.94. The van der Waals surface area contributed by atoms with E-state index in [-0.39, 0.29) is 17.3 Å². The number of sulfonamides is 1. The van der Waals surface area contributed by atoms with Crippen LogP contribution in [0.1, 0.15) is 31.4 Å². The van der Waals surface area contributed by atoms with E-state index in [1.54, 1.807) is 30.3 Å². The minimum absolute atomic E-state index is 0.0999. The van der Waals surface area contributed by atoms with E-state index < -0.39 is 28.5 Å². The van der Waals surface area contributed by atoms with Gasteiger partial charge in [0.05, 0.1) is 10.6 Å². The van der Waals surface area contributed by atoms with Crippen molar-refractivity contribution in [2.45, 2.75) is 44.0 Å². The predicted octanol–water partition coefficient (Wildman–Crippen LogP) is 4.04. The number of nitrogens with zero attached hydrogens (tertiary/aromatic N) is 2. The maximum absolute atomic E-state index is 13.9. The summed E-state index contributed by atoms with van der Waals surface area (Å²) >= 11 is 0. The molecular formula is C29H35N3O4S. The lowest BCUT2D eigenvalue weighted by Gasteiger charge is -2.33. The number of hydrogen-bond acceptors (Lipinski definition) is 4. The zero-order chi connectivity index (χ0) is 26.8. The summed E-state index contributed by atoms with van der Waals surface area (Å²) in [5, 5.41) is 2.64. The van der Waals surface area contributed by atoms with Crippen LogP contribution in [0.15, 0.2) is 89.8 Å². The number of likely N-dealkylation sites (N-methyl/N-ethyl adjacent to an activating group) is 1. The molecule has 196 valence electrons. The summed E-state index contributed by atoms with van der Waals surface area (Å²) in [5.41, 5.74) is 2.29. The van der Waals surface area contributed by atoms with Gasteiger partial charge in [-0.05, 0) is 48.6 Å². The quantitative estimate of drug-likeness (QED) is 0.390. The Labute approximate surface area is 220 Å². The van der Waals surface area contributed by atoms with Crippen LogP contribution in [-0.4, -0.2) is 51.3 Å². The number of amides is 2. The van der Waals surface area contributed by atoms with Crippen LogP contribution in [0.2, 0.25) is 0 Å². The molecule has 3 rings (SSSR count). The monoisotopic (exact) mass is 521 g/mol. The molecule has 7 nitrogen and oxygen atoms in total. The Morgan fingerprint density at radius 3 is 2.05 bits per heavy atom. The molecule has 0 heterocycles. The zero-order valence-corrected chi connectivity index (χ0v) is 22.4. The van der Waals surface area contributed by atoms with Crippen molar-refractivity contribution in [3.63, 3.8) is 0 Å². The van der Waals surface area contributed by atoms with E-state index in [0.717, 1.165) is 11.1 Å². The van der Waals surface area contributed by atoms with Crippen molar-refractivity contribution in [1.82, 2.24) is 10.2 Å². The maximum Gasteiger partial charge on any atom is 0.264 e. The van der Waals surface area contributed by atoms with Gasteiger partial charge in [0.15, 0.2) is 0 Å². The summed E-state index contributed by atoms with van der Waals surface area (Å²) < 4.78 is 28.9. The van der Waals surface area contributed by atoms with Crippen molar-refractivity contribution < 1.29 is 18.0 Å². The number of nitrogens with one attached hydrogen (secondary N) is 1. The minimum Gasteiger partial charge on any atom is -0.357 e. The Bertz CT molecular complexity index is 1280. The van der Waals surface area contributed by atoms with Gasteiger partial charge in [-0.2, -0.15) is 0 Å². The Balaban J connectivity index is 2.03. The van der Waals surface area contributed by atoms with E-state index >= 15 is 0 Å². The third-order valence-corrected chi connectivity index (χ3v) is 8.14. The summed E-state index contributed by atoms with van der Waals surface area (Å²) in [6.07, 6.45) is 1.53. The molecular weight excluding hydrogens is 486 g/mol. The summed E-state index contributed by atoms with van der Waals surface area (Å²) in [4.78, 5) is 28.2. The summed E-state index contributed by atoms with van der Waals surface area (Å²) in [6.45, 7) is 3.65. The van der Waals surface area contributed by atoms with Crippen LogP contribution < -0.4 is 9.62 Å². The van der Waals surface area contributed by atoms with Crippen LogP contribution in [-0.2, 0) is 32.5 Å². The van der Waals surface area contributed by atoms with E-state index in [9.17, 15) is 18.0 Å². The number of para-hydroxylation sites is 1. The van der Waals surface area contributed by atoms with Gasteiger partial charge in [-0.3, -0.25) is 13.9 Å². The highest BCUT2D eigenvalue weighted by Gasteiger charge is 2.33. The molecule has 1 N–H and O–H groups in total. The third-order valence-electron chi connectivity index (χ3n) is 6.37. The average molecular weight is 522 g/mol. The van der Waals surface area contributed by atoms with Gasteiger partial charge in [-0.1, -0.05) is 80.6 Å². The van der Waals surface area contributed by atoms with Crippen molar-refractivity contribution in [2.24, 2.45) is 0 Å². The van der Waals surface area contributed by atoms with Gasteiger partial charge in [-0.25, -0.2) is 8.42 Å². The molecule has 0 unspecified atom stereocenters. The van der Waals surface area contributed by atoms with Gasteiger partial charge in [0.25, 0.3) is 10.0 Å². The van der Waals surface area contributed by atoms with Crippen LogP contribution in [0.4, 0.5) is 5.69 Å². The van der Waals surface area contributed by atoms with Crippen molar-refractivity contribution in [1.29, 1.82) is 0 Å². The van der Waals surface area contributed by atoms with Crippen LogP contribution in [0.5, 0.6) is 0 Å². The SMILES string of the molecule is CCc1ccccc1N(CC(=O)N(CCc1ccccc1)[C@@H](CC)C(=O)NC)S(=O)(=O)c1ccccc1. The lowest BCUT2D eigenvalue weighted by Crippen LogP contribution is -2.52. The Morgan fingerprint density at radius 2 is 1.46 bits per heavy atom. The van der Waals surface area contributed by atoms with Crippen molar-refractivity contribution in [3.05, 3.63) is 96.1 Å². The molecule has 0 bridgehead atoms. The molecule has 3 aromatic carbocycles. The molecule has 3 aromatic rings. The summed E-state index contributed by atoms with van der Waals surface area (Å²) in [5.74, 6) is -0.716. The topological polar surface area (TPSA) is 86.8 Å². The number of aryl methyl sites for hydroxylation is 1. The van der Waals surface area contributed by atoms with Crippen molar-refractivity contribution in [2.75, 3.05) is 24.4 Å². The molecule has 0 aliphatic heterocycles. The molecule has 37 heavy (non-hydrogen) atoms. The zero-order valence-electron chi connectivity index (χ0n) is 21.6. The summed E-state index contributed by atoms with van der Waals surface area (Å²) in [6, 6.07) is 24.3. The number of hydrogen-bond donors (Lipinski definition) is 1. The molecule has 0 radical (unpaired) electrons. The third kappa shape index (κ3) is 6.77. The van der Waals surface area contributed by atoms with Gasteiger partial charge in [0, 0.05) is 13.6 Å². The molecule has 2 amide bonds. The molecule has 0 saturated heterocycles. The molecule has 8 heteroatoms. The van der Waals surface area contributed by atoms with Crippen LogP contribution in [0, 0.1) is 0 Å². The molecule has 0 aliphatic carbocycles. The number of rotatable bonds is 12. The van der Waals surface area contributed by atoms with Crippen LogP contribution in [0.25, 0.3) is 0 Å². The first-order chi connectivity index (χ1) is 17.8. The van der Waals surface area contributed by atoms with Gasteiger partial charge in [0.1, 0.15) is 12.6 Å². The summed E-state index contributed by atoms with van der Waals surface area (Å²) in [7, 11) is -2.52. The van der Waals surface area contributed by atoms with Crippen molar-refractivity contribution in [3.8, 4) is 0 Å². The van der Waals surface area contributed by atoms with E-state index in [0.29, 0.717) is 24.9 Å². The first-order valence-electron chi connectivity index (χ1n) is 12.5. The maximum atomic E-state index is 13.9. The number of carbonyl (C=O) groups excluding carboxylic acids is 2. The first kappa shape index (κ1) is 27.9. The molecule has 1 atom stereocenters. The second-order valence-electron chi connectivity index (χ2n) is 8.67. The highest BCUT2D eigenvalue weighted by molar-refractivity contribution is 7.92. The fourth-order valence-electron chi connectivity index (χ4n) is 4.35. The molecule has 0 aromatic heterocycles. The standard InChI is InChI=1S/C29H35N3O4S/c1-4-24-16-12-13-19-27(24)32(37(35,36)25-17-10-7-11-18-25)22-28(33)31(26(5-2)29(34)30-3)21-20-23-14-8-6-9-15-23/h6-19,26H,4-5,20-22H2,1-3H3,(H,30,34)/t26-/m0/s1. The fraction of sp³-hybridized carbons (Fsp3) is 0.310. The number of benzene rings is 3. The lowest BCUT2D eigenvalue weighted by molar-refractivity contribution is -0.139. The molecule has 0 saturated carbocycles. The smallest absolute Gasteiger partial charge is 0.264 e. The van der Waals surface area contributed by atoms with Crippen LogP contribution in [0.3, 0.4) is 0 Å². The van der Waals surface area contributed by atoms with Gasteiger partial charge < -0.3 is 10.2 Å². The van der Waals surface area contributed by atoms with Crippen LogP contribution >= 0.6 is 0 Å². The Kier molecular flexibility index (Phi) is 9.85. The normalized spacial score (nSPS) is 12.0. The molecule has 0 spiro atoms. The van der Waals surface area contributed by atoms with Crippen molar-refractivity contribution >= 4 is 27.5 Å². The second-order valence-corrected chi connectivity index (χ2v) is 10.5. The second kappa shape index (κ2) is 13.1. The van der Waals surface area contributed by atoms with Gasteiger partial charge in [0.2, 0.25) is 11.8 Å². The largest absolute Gasteiger partial charge is 0.357 e. The highest BCUT2D eigenvalue weighted by atomic mass is 32.2. The fourth-order valence-corrected chi connectivity index (χ4v) is 5.82. The Morgan fingerprint density at radius 1 is 0.865 bits per heavy atom.